The maximum absolute atomic E-state index is 12.2. The van der Waals surface area contributed by atoms with Gasteiger partial charge in [-0.15, -0.1) is 0 Å². The summed E-state index contributed by atoms with van der Waals surface area (Å²) in [6, 6.07) is 10.1. The molecule has 0 aliphatic carbocycles. The Kier molecular flexibility index (Phi) is 3.31. The molecular weight excluding hydrogens is 270 g/mol. The monoisotopic (exact) mass is 283 g/mol. The van der Waals surface area contributed by atoms with E-state index in [1.54, 1.807) is 30.3 Å². The molecule has 2 aromatic heterocycles. The quantitative estimate of drug-likeness (QED) is 0.743. The Balaban J connectivity index is 1.81. The van der Waals surface area contributed by atoms with Crippen LogP contribution in [0.5, 0.6) is 5.75 Å². The number of furan rings is 1. The van der Waals surface area contributed by atoms with Crippen molar-refractivity contribution in [1.29, 1.82) is 0 Å². The molecule has 21 heavy (non-hydrogen) atoms. The Morgan fingerprint density at radius 2 is 2.10 bits per heavy atom. The van der Waals surface area contributed by atoms with E-state index in [0.29, 0.717) is 17.1 Å². The van der Waals surface area contributed by atoms with Crippen LogP contribution in [0.15, 0.2) is 51.6 Å². The summed E-state index contributed by atoms with van der Waals surface area (Å²) in [5.41, 5.74) is 1.76. The number of hydrogen-bond acceptors (Lipinski definition) is 5. The predicted octanol–water partition coefficient (Wildman–Crippen LogP) is 3.37. The van der Waals surface area contributed by atoms with E-state index >= 15 is 0 Å². The zero-order chi connectivity index (χ0) is 14.8. The summed E-state index contributed by atoms with van der Waals surface area (Å²) in [6.07, 6.45) is 1.59. The Hall–Kier alpha value is -2.82. The van der Waals surface area contributed by atoms with Gasteiger partial charge >= 0.3 is 0 Å². The lowest BCUT2D eigenvalue weighted by atomic mass is 10.0. The number of ketones is 1. The van der Waals surface area contributed by atoms with Gasteiger partial charge in [0, 0.05) is 18.1 Å². The van der Waals surface area contributed by atoms with E-state index in [1.807, 2.05) is 6.92 Å². The van der Waals surface area contributed by atoms with Gasteiger partial charge in [-0.05, 0) is 25.1 Å². The van der Waals surface area contributed by atoms with Gasteiger partial charge in [0.2, 0.25) is 5.76 Å². The molecule has 106 valence electrons. The molecule has 0 spiro atoms. The number of aryl methyl sites for hydroxylation is 1. The van der Waals surface area contributed by atoms with E-state index in [9.17, 15) is 9.90 Å². The van der Waals surface area contributed by atoms with Crippen molar-refractivity contribution in [2.45, 2.75) is 13.3 Å². The van der Waals surface area contributed by atoms with Crippen molar-refractivity contribution in [1.82, 2.24) is 5.16 Å². The number of carbonyl (C=O) groups is 1. The molecule has 0 aliphatic heterocycles. The van der Waals surface area contributed by atoms with Gasteiger partial charge in [-0.1, -0.05) is 22.9 Å². The van der Waals surface area contributed by atoms with Crippen LogP contribution >= 0.6 is 0 Å². The summed E-state index contributed by atoms with van der Waals surface area (Å²) in [6.45, 7) is 1.90. The van der Waals surface area contributed by atoms with E-state index in [2.05, 4.69) is 5.16 Å². The molecule has 2 heterocycles. The van der Waals surface area contributed by atoms with Gasteiger partial charge in [-0.3, -0.25) is 4.79 Å². The summed E-state index contributed by atoms with van der Waals surface area (Å²) in [5.74, 6) is 0.790. The summed E-state index contributed by atoms with van der Waals surface area (Å²) >= 11 is 0. The zero-order valence-electron chi connectivity index (χ0n) is 11.4. The first-order chi connectivity index (χ1) is 10.1. The Morgan fingerprint density at radius 3 is 2.86 bits per heavy atom. The van der Waals surface area contributed by atoms with Crippen LogP contribution in [-0.2, 0) is 6.42 Å². The maximum atomic E-state index is 12.2. The van der Waals surface area contributed by atoms with Gasteiger partial charge in [0.1, 0.15) is 5.75 Å². The van der Waals surface area contributed by atoms with Gasteiger partial charge in [-0.2, -0.15) is 0 Å². The van der Waals surface area contributed by atoms with Crippen LogP contribution in [0.2, 0.25) is 0 Å². The fourth-order valence-electron chi connectivity index (χ4n) is 2.06. The van der Waals surface area contributed by atoms with Gasteiger partial charge < -0.3 is 14.0 Å². The van der Waals surface area contributed by atoms with E-state index < -0.39 is 0 Å². The average Bonchev–Trinajstić information content (AvgIpc) is 3.12. The van der Waals surface area contributed by atoms with Crippen molar-refractivity contribution in [2.24, 2.45) is 0 Å². The number of nitrogens with zero attached hydrogens (tertiary/aromatic N) is 1. The predicted molar refractivity (Wildman–Crippen MR) is 75.1 cm³/mol. The van der Waals surface area contributed by atoms with Gasteiger partial charge in [0.25, 0.3) is 0 Å². The fraction of sp³-hybridized carbons (Fsp3) is 0.125. The molecule has 3 rings (SSSR count). The highest BCUT2D eigenvalue weighted by Crippen LogP contribution is 2.23. The molecule has 0 atom stereocenters. The van der Waals surface area contributed by atoms with E-state index in [1.165, 1.54) is 12.3 Å². The molecule has 0 fully saturated rings. The average molecular weight is 283 g/mol. The van der Waals surface area contributed by atoms with Crippen molar-refractivity contribution in [3.63, 3.8) is 0 Å². The van der Waals surface area contributed by atoms with Crippen molar-refractivity contribution in [3.8, 4) is 17.3 Å². The number of rotatable bonds is 4. The van der Waals surface area contributed by atoms with Crippen LogP contribution in [-0.4, -0.2) is 16.0 Å². The molecule has 3 aromatic rings. The highest BCUT2D eigenvalue weighted by molar-refractivity contribution is 5.96. The Labute approximate surface area is 120 Å². The first-order valence-electron chi connectivity index (χ1n) is 6.46. The first-order valence-corrected chi connectivity index (χ1v) is 6.46. The molecule has 1 aromatic carbocycles. The van der Waals surface area contributed by atoms with E-state index in [4.69, 9.17) is 8.94 Å². The number of Topliss-reactive ketones (excluding diaryl/α,β-unsaturated/α-hetero) is 1. The lowest BCUT2D eigenvalue weighted by molar-refractivity contribution is 0.0983. The molecular formula is C16H13NO4. The van der Waals surface area contributed by atoms with Crippen molar-refractivity contribution < 1.29 is 18.8 Å². The van der Waals surface area contributed by atoms with Crippen LogP contribution in [0.1, 0.15) is 21.6 Å². The largest absolute Gasteiger partial charge is 0.508 e. The number of aromatic hydroxyl groups is 1. The molecule has 0 aliphatic rings. The number of carbonyl (C=O) groups excluding carboxylic acids is 1. The van der Waals surface area contributed by atoms with Crippen LogP contribution in [0.25, 0.3) is 11.5 Å². The fourth-order valence-corrected chi connectivity index (χ4v) is 2.06. The molecule has 0 unspecified atom stereocenters. The zero-order valence-corrected chi connectivity index (χ0v) is 11.4. The molecule has 1 N–H and O–H groups in total. The molecule has 0 bridgehead atoms. The second kappa shape index (κ2) is 5.28. The van der Waals surface area contributed by atoms with Gasteiger partial charge in [0.15, 0.2) is 17.2 Å². The Morgan fingerprint density at radius 1 is 1.24 bits per heavy atom. The first kappa shape index (κ1) is 13.2. The van der Waals surface area contributed by atoms with E-state index in [0.717, 1.165) is 5.56 Å². The van der Waals surface area contributed by atoms with Crippen molar-refractivity contribution in [2.75, 3.05) is 0 Å². The van der Waals surface area contributed by atoms with Crippen LogP contribution in [0, 0.1) is 6.92 Å². The topological polar surface area (TPSA) is 76.5 Å². The Bertz CT molecular complexity index is 771. The maximum Gasteiger partial charge on any atom is 0.202 e. The molecule has 0 saturated carbocycles. The third kappa shape index (κ3) is 2.72. The molecule has 0 amide bonds. The van der Waals surface area contributed by atoms with Crippen LogP contribution in [0.4, 0.5) is 0 Å². The minimum atomic E-state index is -0.225. The van der Waals surface area contributed by atoms with Crippen LogP contribution in [0.3, 0.4) is 0 Å². The standard InChI is InChI=1S/C16H13NO4/c1-10-4-5-13(18)11(7-10)8-14(19)12-9-16(21-17-12)15-3-2-6-20-15/h2-7,9,18H,8H2,1H3. The van der Waals surface area contributed by atoms with Crippen molar-refractivity contribution >= 4 is 5.78 Å². The lowest BCUT2D eigenvalue weighted by Crippen LogP contribution is -2.04. The summed E-state index contributed by atoms with van der Waals surface area (Å²) in [7, 11) is 0. The van der Waals surface area contributed by atoms with Crippen molar-refractivity contribution in [3.05, 3.63) is 59.5 Å². The summed E-state index contributed by atoms with van der Waals surface area (Å²) in [5, 5.41) is 13.5. The van der Waals surface area contributed by atoms with Crippen LogP contribution < -0.4 is 0 Å². The van der Waals surface area contributed by atoms with Gasteiger partial charge in [0.05, 0.1) is 6.26 Å². The number of benzene rings is 1. The highest BCUT2D eigenvalue weighted by Gasteiger charge is 2.17. The second-order valence-corrected chi connectivity index (χ2v) is 4.79. The summed E-state index contributed by atoms with van der Waals surface area (Å²) < 4.78 is 10.3. The number of phenols is 1. The number of aromatic nitrogens is 1. The second-order valence-electron chi connectivity index (χ2n) is 4.79. The minimum Gasteiger partial charge on any atom is -0.508 e. The minimum absolute atomic E-state index is 0.0671. The lowest BCUT2D eigenvalue weighted by Gasteiger charge is -2.03. The number of hydrogen-bond donors (Lipinski definition) is 1. The molecule has 5 nitrogen and oxygen atoms in total. The normalized spacial score (nSPS) is 10.7. The smallest absolute Gasteiger partial charge is 0.202 e. The van der Waals surface area contributed by atoms with E-state index in [-0.39, 0.29) is 23.6 Å². The summed E-state index contributed by atoms with van der Waals surface area (Å²) in [4.78, 5) is 12.2. The molecule has 0 radical (unpaired) electrons. The third-order valence-corrected chi connectivity index (χ3v) is 3.15. The highest BCUT2D eigenvalue weighted by atomic mass is 16.5. The SMILES string of the molecule is Cc1ccc(O)c(CC(=O)c2cc(-c3ccco3)on2)c1. The molecule has 5 heteroatoms. The third-order valence-electron chi connectivity index (χ3n) is 3.15. The number of phenolic OH excluding ortho intramolecular Hbond substituents is 1. The van der Waals surface area contributed by atoms with Gasteiger partial charge in [-0.25, -0.2) is 0 Å². The molecule has 0 saturated heterocycles.